The van der Waals surface area contributed by atoms with Crippen LogP contribution in [0.1, 0.15) is 38.6 Å². The maximum absolute atomic E-state index is 13.5. The third kappa shape index (κ3) is 8.07. The van der Waals surface area contributed by atoms with Gasteiger partial charge in [0.15, 0.2) is 5.78 Å². The first-order valence-corrected chi connectivity index (χ1v) is 15.5. The van der Waals surface area contributed by atoms with Crippen LogP contribution in [0, 0.1) is 11.3 Å². The van der Waals surface area contributed by atoms with E-state index in [1.165, 1.54) is 0 Å². The number of carbonyl (C=O) groups is 3. The molecule has 1 atom stereocenters. The van der Waals surface area contributed by atoms with Gasteiger partial charge in [-0.15, -0.1) is 0 Å². The molecule has 1 unspecified atom stereocenters. The molecule has 222 valence electrons. The van der Waals surface area contributed by atoms with Crippen molar-refractivity contribution >= 4 is 57.4 Å². The summed E-state index contributed by atoms with van der Waals surface area (Å²) >= 11 is 7.63. The van der Waals surface area contributed by atoms with E-state index in [2.05, 4.69) is 16.7 Å². The summed E-state index contributed by atoms with van der Waals surface area (Å²) in [6.45, 7) is 0. The molecule has 6 nitrogen and oxygen atoms in total. The molecule has 0 aliphatic rings. The van der Waals surface area contributed by atoms with Gasteiger partial charge in [0, 0.05) is 34.2 Å². The van der Waals surface area contributed by atoms with Crippen LogP contribution in [0.15, 0.2) is 138 Å². The SMILES string of the molecule is N#C/C(=C(/NC(=O)c1ccccc1)SCC(=O)Nc1ccc2ccccc2c1)C(CC(=O)c1ccccc1)c1ccccc1Cl. The van der Waals surface area contributed by atoms with Gasteiger partial charge in [0.2, 0.25) is 5.91 Å². The van der Waals surface area contributed by atoms with Crippen molar-refractivity contribution < 1.29 is 14.4 Å². The number of rotatable bonds is 11. The van der Waals surface area contributed by atoms with Gasteiger partial charge in [-0.3, -0.25) is 14.4 Å². The highest BCUT2D eigenvalue weighted by Crippen LogP contribution is 2.37. The third-order valence-corrected chi connectivity index (χ3v) is 8.48. The van der Waals surface area contributed by atoms with Crippen LogP contribution in [0.5, 0.6) is 0 Å². The van der Waals surface area contributed by atoms with Crippen LogP contribution >= 0.6 is 23.4 Å². The molecule has 0 radical (unpaired) electrons. The van der Waals surface area contributed by atoms with Crippen molar-refractivity contribution in [2.45, 2.75) is 12.3 Å². The largest absolute Gasteiger partial charge is 0.325 e. The Morgan fingerprint density at radius 3 is 2.07 bits per heavy atom. The van der Waals surface area contributed by atoms with Crippen LogP contribution in [0.2, 0.25) is 5.02 Å². The fourth-order valence-corrected chi connectivity index (χ4v) is 6.01. The lowest BCUT2D eigenvalue weighted by molar-refractivity contribution is -0.113. The zero-order valence-corrected chi connectivity index (χ0v) is 25.6. The van der Waals surface area contributed by atoms with E-state index in [9.17, 15) is 19.6 Å². The van der Waals surface area contributed by atoms with E-state index in [4.69, 9.17) is 11.6 Å². The Hall–Kier alpha value is -5.16. The van der Waals surface area contributed by atoms with Crippen molar-refractivity contribution in [1.29, 1.82) is 5.26 Å². The first-order chi connectivity index (χ1) is 21.9. The Kier molecular flexibility index (Phi) is 10.4. The topological polar surface area (TPSA) is 99.1 Å². The first-order valence-electron chi connectivity index (χ1n) is 14.2. The summed E-state index contributed by atoms with van der Waals surface area (Å²) in [5, 5.41) is 18.9. The number of carbonyl (C=O) groups excluding carboxylic acids is 3. The summed E-state index contributed by atoms with van der Waals surface area (Å²) in [5.41, 5.74) is 2.18. The number of thioether (sulfide) groups is 1. The second-order valence-electron chi connectivity index (χ2n) is 10.1. The van der Waals surface area contributed by atoms with Crippen LogP contribution in [0.25, 0.3) is 10.8 Å². The molecule has 0 bridgehead atoms. The number of fused-ring (bicyclic) bond motifs is 1. The predicted octanol–water partition coefficient (Wildman–Crippen LogP) is 8.39. The van der Waals surface area contributed by atoms with Crippen molar-refractivity contribution in [2.75, 3.05) is 11.1 Å². The van der Waals surface area contributed by atoms with E-state index in [1.54, 1.807) is 78.9 Å². The molecular weight excluding hydrogens is 602 g/mol. The molecule has 5 rings (SSSR count). The van der Waals surface area contributed by atoms with Crippen LogP contribution < -0.4 is 10.6 Å². The van der Waals surface area contributed by atoms with Gasteiger partial charge >= 0.3 is 0 Å². The minimum atomic E-state index is -0.793. The molecule has 2 amide bonds. The Morgan fingerprint density at radius 2 is 1.38 bits per heavy atom. The Labute approximate surface area is 270 Å². The number of ketones is 1. The lowest BCUT2D eigenvalue weighted by atomic mass is 9.86. The first kappa shape index (κ1) is 31.3. The van der Waals surface area contributed by atoms with Crippen molar-refractivity contribution in [3.05, 3.63) is 160 Å². The molecule has 45 heavy (non-hydrogen) atoms. The molecule has 0 saturated heterocycles. The number of benzene rings is 5. The van der Waals surface area contributed by atoms with Crippen molar-refractivity contribution in [1.82, 2.24) is 5.32 Å². The summed E-state index contributed by atoms with van der Waals surface area (Å²) in [6, 6.07) is 40.1. The minimum Gasteiger partial charge on any atom is -0.325 e. The zero-order valence-electron chi connectivity index (χ0n) is 24.1. The van der Waals surface area contributed by atoms with E-state index < -0.39 is 11.8 Å². The fraction of sp³-hybridized carbons (Fsp3) is 0.0811. The number of hydrogen-bond acceptors (Lipinski definition) is 5. The van der Waals surface area contributed by atoms with E-state index in [1.807, 2.05) is 48.5 Å². The van der Waals surface area contributed by atoms with Crippen LogP contribution in [0.4, 0.5) is 5.69 Å². The van der Waals surface area contributed by atoms with E-state index in [0.717, 1.165) is 22.5 Å². The van der Waals surface area contributed by atoms with Crippen LogP contribution in [0.3, 0.4) is 0 Å². The molecule has 0 saturated carbocycles. The van der Waals surface area contributed by atoms with Gasteiger partial charge in [-0.25, -0.2) is 0 Å². The Balaban J connectivity index is 1.49. The van der Waals surface area contributed by atoms with Gasteiger partial charge in [-0.05, 0) is 46.7 Å². The number of allylic oxidation sites excluding steroid dienone is 1. The van der Waals surface area contributed by atoms with Gasteiger partial charge < -0.3 is 10.6 Å². The Morgan fingerprint density at radius 1 is 0.756 bits per heavy atom. The Bertz CT molecular complexity index is 1920. The molecule has 5 aromatic carbocycles. The second kappa shape index (κ2) is 15.0. The molecule has 0 fully saturated rings. The molecule has 0 aliphatic heterocycles. The van der Waals surface area contributed by atoms with Crippen LogP contribution in [-0.2, 0) is 4.79 Å². The highest BCUT2D eigenvalue weighted by atomic mass is 35.5. The molecule has 0 heterocycles. The predicted molar refractivity (Wildman–Crippen MR) is 181 cm³/mol. The molecule has 0 spiro atoms. The molecule has 8 heteroatoms. The third-order valence-electron chi connectivity index (χ3n) is 7.12. The molecule has 5 aromatic rings. The lowest BCUT2D eigenvalue weighted by Crippen LogP contribution is -2.25. The fourth-order valence-electron chi connectivity index (χ4n) is 4.89. The molecular formula is C37H28ClN3O3S. The summed E-state index contributed by atoms with van der Waals surface area (Å²) in [7, 11) is 0. The number of amides is 2. The van der Waals surface area contributed by atoms with Gasteiger partial charge in [0.1, 0.15) is 0 Å². The van der Waals surface area contributed by atoms with Crippen molar-refractivity contribution in [3.8, 4) is 6.07 Å². The van der Waals surface area contributed by atoms with Crippen molar-refractivity contribution in [3.63, 3.8) is 0 Å². The zero-order chi connectivity index (χ0) is 31.6. The number of nitriles is 1. The smallest absolute Gasteiger partial charge is 0.256 e. The van der Waals surface area contributed by atoms with Gasteiger partial charge in [0.05, 0.1) is 22.4 Å². The summed E-state index contributed by atoms with van der Waals surface area (Å²) < 4.78 is 0. The van der Waals surface area contributed by atoms with Crippen molar-refractivity contribution in [2.24, 2.45) is 0 Å². The average molecular weight is 630 g/mol. The lowest BCUT2D eigenvalue weighted by Gasteiger charge is -2.21. The van der Waals surface area contributed by atoms with E-state index >= 15 is 0 Å². The summed E-state index contributed by atoms with van der Waals surface area (Å²) in [6.07, 6.45) is -0.0782. The number of anilines is 1. The highest BCUT2D eigenvalue weighted by molar-refractivity contribution is 8.03. The van der Waals surface area contributed by atoms with Crippen LogP contribution in [-0.4, -0.2) is 23.4 Å². The summed E-state index contributed by atoms with van der Waals surface area (Å²) in [5.74, 6) is -1.87. The molecule has 0 aromatic heterocycles. The number of nitrogens with one attached hydrogen (secondary N) is 2. The molecule has 0 aliphatic carbocycles. The average Bonchev–Trinajstić information content (AvgIpc) is 3.07. The quantitative estimate of drug-likeness (QED) is 0.113. The van der Waals surface area contributed by atoms with Gasteiger partial charge in [-0.2, -0.15) is 5.26 Å². The van der Waals surface area contributed by atoms with Gasteiger partial charge in [-0.1, -0.05) is 120 Å². The number of Topliss-reactive ketones (excluding diaryl/α,β-unsaturated/α-hetero) is 1. The normalized spacial score (nSPS) is 12.0. The standard InChI is InChI=1S/C37H28ClN3O3S/c38-33-18-10-9-17-30(33)31(22-34(42)26-12-3-1-4-13-26)32(23-39)37(41-36(44)27-14-5-2-6-15-27)45-24-35(43)40-29-20-19-25-11-7-8-16-28(25)21-29/h1-21,31H,22,24H2,(H,40,43)(H,41,44)/b37-32+. The van der Waals surface area contributed by atoms with E-state index in [0.29, 0.717) is 27.4 Å². The maximum atomic E-state index is 13.5. The van der Waals surface area contributed by atoms with E-state index in [-0.39, 0.29) is 34.5 Å². The number of halogens is 1. The van der Waals surface area contributed by atoms with Gasteiger partial charge in [0.25, 0.3) is 5.91 Å². The second-order valence-corrected chi connectivity index (χ2v) is 11.5. The highest BCUT2D eigenvalue weighted by Gasteiger charge is 2.28. The summed E-state index contributed by atoms with van der Waals surface area (Å²) in [4.78, 5) is 40.0. The molecule has 2 N–H and O–H groups in total. The number of nitrogens with zero attached hydrogens (tertiary/aromatic N) is 1. The minimum absolute atomic E-state index is 0.0782. The maximum Gasteiger partial charge on any atom is 0.256 e. The monoisotopic (exact) mass is 629 g/mol. The number of hydrogen-bond donors (Lipinski definition) is 2.